The lowest BCUT2D eigenvalue weighted by atomic mass is 9.75. The van der Waals surface area contributed by atoms with E-state index in [2.05, 4.69) is 43.1 Å². The third-order valence-corrected chi connectivity index (χ3v) is 12.7. The number of carbonyl (C=O) groups is 3. The number of aromatic nitrogens is 2. The summed E-state index contributed by atoms with van der Waals surface area (Å²) in [5.74, 6) is -2.77. The van der Waals surface area contributed by atoms with Crippen LogP contribution in [0.3, 0.4) is 0 Å². The molecular weight excluding hydrogens is 815 g/mol. The van der Waals surface area contributed by atoms with Crippen LogP contribution in [0.15, 0.2) is 59.4 Å². The molecule has 2 aliphatic heterocycles. The highest BCUT2D eigenvalue weighted by molar-refractivity contribution is 7.88. The fourth-order valence-corrected chi connectivity index (χ4v) is 9.68. The van der Waals surface area contributed by atoms with Gasteiger partial charge < -0.3 is 24.4 Å². The summed E-state index contributed by atoms with van der Waals surface area (Å²) in [7, 11) is -3.41. The highest BCUT2D eigenvalue weighted by Gasteiger charge is 2.62. The van der Waals surface area contributed by atoms with Gasteiger partial charge in [-0.1, -0.05) is 77.8 Å². The Bertz CT molecular complexity index is 2320. The van der Waals surface area contributed by atoms with Crippen LogP contribution < -0.4 is 30.7 Å². The van der Waals surface area contributed by atoms with Gasteiger partial charge in [0.05, 0.1) is 23.6 Å². The Morgan fingerprint density at radius 1 is 1.05 bits per heavy atom. The summed E-state index contributed by atoms with van der Waals surface area (Å²) >= 11 is 0. The van der Waals surface area contributed by atoms with Crippen molar-refractivity contribution >= 4 is 56.5 Å². The third-order valence-electron chi connectivity index (χ3n) is 12.0. The van der Waals surface area contributed by atoms with Crippen LogP contribution >= 0.6 is 0 Å². The van der Waals surface area contributed by atoms with E-state index in [4.69, 9.17) is 19.2 Å². The molecule has 4 atom stereocenters. The third kappa shape index (κ3) is 9.69. The zero-order chi connectivity index (χ0) is 44.9. The molecule has 0 radical (unpaired) electrons. The Kier molecular flexibility index (Phi) is 14.5. The number of alkyl carbamates (subject to hydrolysis) is 1. The quantitative estimate of drug-likeness (QED) is 0.0897. The normalized spacial score (nSPS) is 22.9. The molecule has 1 aromatic heterocycles. The van der Waals surface area contributed by atoms with Gasteiger partial charge in [0.2, 0.25) is 10.0 Å². The summed E-state index contributed by atoms with van der Waals surface area (Å²) in [6.07, 6.45) is 4.84. The minimum absolute atomic E-state index is 0.0181. The van der Waals surface area contributed by atoms with Gasteiger partial charge >= 0.3 is 23.9 Å². The number of nitrogens with zero attached hydrogens (tertiary/aromatic N) is 4. The molecule has 62 heavy (non-hydrogen) atoms. The van der Waals surface area contributed by atoms with Crippen LogP contribution in [0, 0.1) is 24.7 Å². The van der Waals surface area contributed by atoms with E-state index in [1.54, 1.807) is 49.4 Å². The van der Waals surface area contributed by atoms with E-state index in [0.717, 1.165) is 55.0 Å². The average Bonchev–Trinajstić information content (AvgIpc) is 3.49. The summed E-state index contributed by atoms with van der Waals surface area (Å²) in [5.41, 5.74) is 1.05. The van der Waals surface area contributed by atoms with Crippen LogP contribution in [0.1, 0.15) is 97.0 Å². The van der Waals surface area contributed by atoms with Crippen molar-refractivity contribution in [3.05, 3.63) is 81.9 Å². The summed E-state index contributed by atoms with van der Waals surface area (Å²) < 4.78 is 46.1. The standard InChI is InChI=1S/C45H61N7O9S/c1-9-12-18-34(10-2)59-27-46-36-26-37(53)52-41(48-36)38(42(54)60-40-30(6)23-28(4)24-31(40)7)39(32-16-14-13-15-17-32)45(52)51(43(55)49-44(56)61-45)35-20-19-33(25-29(35)5)50(11-3)22-21-47-62(8,57)58/h13-17,19-20,25-26,28,30-31,34,40,46-47H,9-12,18,21-24,27H2,1-8H3,(H,49,55,56). The number of amides is 3. The first-order valence-electron chi connectivity index (χ1n) is 21.7. The van der Waals surface area contributed by atoms with Gasteiger partial charge in [-0.05, 0) is 86.6 Å². The van der Waals surface area contributed by atoms with Crippen molar-refractivity contribution in [1.82, 2.24) is 19.6 Å². The van der Waals surface area contributed by atoms with Crippen molar-refractivity contribution in [3.8, 4) is 0 Å². The Hall–Kier alpha value is -5.26. The molecule has 16 nitrogen and oxygen atoms in total. The molecule has 1 saturated heterocycles. The molecule has 17 heteroatoms. The van der Waals surface area contributed by atoms with Crippen LogP contribution in [-0.4, -0.2) is 80.9 Å². The second kappa shape index (κ2) is 19.4. The smallest absolute Gasteiger partial charge is 0.419 e. The first-order valence-corrected chi connectivity index (χ1v) is 23.6. The van der Waals surface area contributed by atoms with Gasteiger partial charge in [0, 0.05) is 31.4 Å². The lowest BCUT2D eigenvalue weighted by molar-refractivity contribution is -0.150. The molecule has 1 spiro atoms. The molecule has 6 rings (SSSR count). The average molecular weight is 876 g/mol. The molecular formula is C45H61N7O9S. The van der Waals surface area contributed by atoms with Crippen molar-refractivity contribution in [2.24, 2.45) is 17.8 Å². The van der Waals surface area contributed by atoms with Gasteiger partial charge in [-0.2, -0.15) is 0 Å². The Morgan fingerprint density at radius 3 is 2.39 bits per heavy atom. The summed E-state index contributed by atoms with van der Waals surface area (Å²) in [6.45, 7) is 15.2. The maximum Gasteiger partial charge on any atom is 0.419 e. The molecule has 3 aliphatic rings. The second-order valence-corrected chi connectivity index (χ2v) is 18.6. The van der Waals surface area contributed by atoms with E-state index in [-0.39, 0.29) is 59.7 Å². The van der Waals surface area contributed by atoms with Crippen LogP contribution in [-0.2, 0) is 34.9 Å². The molecule has 3 amide bonds. The number of urea groups is 1. The van der Waals surface area contributed by atoms with Crippen molar-refractivity contribution in [2.75, 3.05) is 47.7 Å². The van der Waals surface area contributed by atoms with E-state index < -0.39 is 45.6 Å². The molecule has 3 aromatic rings. The van der Waals surface area contributed by atoms with Crippen molar-refractivity contribution in [2.45, 2.75) is 105 Å². The zero-order valence-corrected chi connectivity index (χ0v) is 37.8. The van der Waals surface area contributed by atoms with Crippen LogP contribution in [0.25, 0.3) is 11.1 Å². The van der Waals surface area contributed by atoms with Crippen molar-refractivity contribution in [3.63, 3.8) is 0 Å². The minimum Gasteiger partial charge on any atom is -0.458 e. The number of hydrogen-bond acceptors (Lipinski definition) is 12. The maximum atomic E-state index is 15.1. The number of unbranched alkanes of at least 4 members (excludes halogenated alkanes) is 1. The number of esters is 1. The number of imide groups is 1. The molecule has 336 valence electrons. The minimum atomic E-state index is -3.41. The van der Waals surface area contributed by atoms with E-state index in [1.807, 2.05) is 24.8 Å². The summed E-state index contributed by atoms with van der Waals surface area (Å²) in [4.78, 5) is 66.2. The summed E-state index contributed by atoms with van der Waals surface area (Å²) in [5, 5.41) is 5.37. The second-order valence-electron chi connectivity index (χ2n) is 16.8. The zero-order valence-electron chi connectivity index (χ0n) is 37.0. The number of likely N-dealkylation sites (N-methyl/N-ethyl adjacent to an activating group) is 1. The number of hydrogen-bond donors (Lipinski definition) is 3. The molecule has 2 fully saturated rings. The van der Waals surface area contributed by atoms with Crippen molar-refractivity contribution in [1.29, 1.82) is 0 Å². The van der Waals surface area contributed by atoms with Gasteiger partial charge in [-0.15, -0.1) is 0 Å². The Balaban J connectivity index is 1.55. The molecule has 1 aliphatic carbocycles. The SMILES string of the molecule is CCCCC(CC)OCNc1cc(=O)n2c(n1)C(C(=O)OC1C(C)CC(C)CC1C)=C(c1ccccc1)C21OC(=O)NC(=O)N1c1ccc(N(CC)CCNS(C)(=O)=O)cc1C. The number of anilines is 3. The predicted octanol–water partition coefficient (Wildman–Crippen LogP) is 6.80. The summed E-state index contributed by atoms with van der Waals surface area (Å²) in [6, 6.07) is 14.2. The predicted molar refractivity (Wildman–Crippen MR) is 239 cm³/mol. The fraction of sp³-hybridized carbons (Fsp3) is 0.533. The number of rotatable bonds is 18. The van der Waals surface area contributed by atoms with E-state index in [1.165, 1.54) is 11.0 Å². The van der Waals surface area contributed by atoms with Crippen molar-refractivity contribution < 1.29 is 37.0 Å². The number of ether oxygens (including phenoxy) is 3. The Morgan fingerprint density at radius 2 is 1.76 bits per heavy atom. The molecule has 3 N–H and O–H groups in total. The number of sulfonamides is 1. The number of carbonyl (C=O) groups excluding carboxylic acids is 3. The first kappa shape index (κ1) is 46.2. The van der Waals surface area contributed by atoms with Crippen LogP contribution in [0.4, 0.5) is 26.8 Å². The van der Waals surface area contributed by atoms with Gasteiger partial charge in [-0.3, -0.25) is 4.79 Å². The van der Waals surface area contributed by atoms with E-state index in [0.29, 0.717) is 30.1 Å². The molecule has 0 bridgehead atoms. The highest BCUT2D eigenvalue weighted by Crippen LogP contribution is 2.52. The lowest BCUT2D eigenvalue weighted by Gasteiger charge is -2.45. The number of benzene rings is 2. The van der Waals surface area contributed by atoms with Gasteiger partial charge in [-0.25, -0.2) is 47.3 Å². The number of aryl methyl sites for hydroxylation is 1. The molecule has 4 unspecified atom stereocenters. The van der Waals surface area contributed by atoms with Crippen LogP contribution in [0.5, 0.6) is 0 Å². The Labute approximate surface area is 364 Å². The maximum absolute atomic E-state index is 15.1. The van der Waals surface area contributed by atoms with Crippen LogP contribution in [0.2, 0.25) is 0 Å². The highest BCUT2D eigenvalue weighted by atomic mass is 32.2. The first-order chi connectivity index (χ1) is 29.5. The van der Waals surface area contributed by atoms with Gasteiger partial charge in [0.15, 0.2) is 5.82 Å². The lowest BCUT2D eigenvalue weighted by Crippen LogP contribution is -2.67. The van der Waals surface area contributed by atoms with E-state index >= 15 is 4.79 Å². The molecule has 2 aromatic carbocycles. The molecule has 3 heterocycles. The number of nitrogens with one attached hydrogen (secondary N) is 3. The van der Waals surface area contributed by atoms with Gasteiger partial charge in [0.1, 0.15) is 24.2 Å². The van der Waals surface area contributed by atoms with Gasteiger partial charge in [0.25, 0.3) is 5.56 Å². The molecule has 1 saturated carbocycles. The monoisotopic (exact) mass is 875 g/mol. The largest absolute Gasteiger partial charge is 0.458 e. The van der Waals surface area contributed by atoms with E-state index in [9.17, 15) is 22.8 Å². The topological polar surface area (TPSA) is 190 Å². The fourth-order valence-electron chi connectivity index (χ4n) is 9.22. The number of fused-ring (bicyclic) bond motifs is 2.